The number of aliphatic hydroxyl groups is 2. The van der Waals surface area contributed by atoms with Crippen LogP contribution >= 0.6 is 0 Å². The highest BCUT2D eigenvalue weighted by molar-refractivity contribution is 4.41. The van der Waals surface area contributed by atoms with Crippen molar-refractivity contribution in [2.24, 2.45) is 0 Å². The molecule has 0 aromatic rings. The molecule has 0 aromatic carbocycles. The first-order valence-corrected chi connectivity index (χ1v) is 3.05. The molecule has 0 amide bonds. The van der Waals surface area contributed by atoms with Crippen molar-refractivity contribution in [1.82, 2.24) is 10.4 Å². The Morgan fingerprint density at radius 2 is 2.11 bits per heavy atom. The lowest BCUT2D eigenvalue weighted by Gasteiger charge is -2.17. The van der Waals surface area contributed by atoms with E-state index in [1.54, 1.807) is 5.01 Å². The summed E-state index contributed by atoms with van der Waals surface area (Å²) in [7, 11) is 0. The molecule has 0 aliphatic heterocycles. The summed E-state index contributed by atoms with van der Waals surface area (Å²) in [5.74, 6) is 0. The van der Waals surface area contributed by atoms with Gasteiger partial charge in [-0.2, -0.15) is 0 Å². The monoisotopic (exact) mass is 134 g/mol. The zero-order valence-electron chi connectivity index (χ0n) is 5.67. The van der Waals surface area contributed by atoms with Gasteiger partial charge in [-0.25, -0.2) is 5.01 Å². The number of hydrogen-bond donors (Lipinski definition) is 3. The van der Waals surface area contributed by atoms with Crippen molar-refractivity contribution in [3.05, 3.63) is 0 Å². The van der Waals surface area contributed by atoms with E-state index in [-0.39, 0.29) is 13.3 Å². The molecule has 0 spiro atoms. The molecule has 0 saturated heterocycles. The minimum Gasteiger partial charge on any atom is -0.395 e. The molecular formula is C5H14N2O2. The standard InChI is InChI=1S/C5H14N2O2/c1-2-6-7(5-9)3-4-8/h6,8-9H,2-5H2,1H3. The van der Waals surface area contributed by atoms with Crippen LogP contribution in [0.4, 0.5) is 0 Å². The SMILES string of the molecule is CCNN(CO)CCO. The van der Waals surface area contributed by atoms with Gasteiger partial charge in [-0.05, 0) is 0 Å². The third kappa shape index (κ3) is 4.35. The summed E-state index contributed by atoms with van der Waals surface area (Å²) in [6, 6.07) is 0. The molecule has 9 heavy (non-hydrogen) atoms. The van der Waals surface area contributed by atoms with E-state index in [9.17, 15) is 0 Å². The molecule has 0 saturated carbocycles. The molecule has 0 radical (unpaired) electrons. The van der Waals surface area contributed by atoms with Crippen LogP contribution < -0.4 is 5.43 Å². The van der Waals surface area contributed by atoms with Crippen LogP contribution in [0.1, 0.15) is 6.92 Å². The minimum atomic E-state index is -0.0611. The molecule has 0 heterocycles. The molecule has 0 aliphatic rings. The van der Waals surface area contributed by atoms with E-state index in [4.69, 9.17) is 10.2 Å². The fourth-order valence-electron chi connectivity index (χ4n) is 0.544. The summed E-state index contributed by atoms with van der Waals surface area (Å²) in [5.41, 5.74) is 2.86. The first kappa shape index (κ1) is 8.84. The van der Waals surface area contributed by atoms with Gasteiger partial charge >= 0.3 is 0 Å². The highest BCUT2D eigenvalue weighted by Gasteiger charge is 1.96. The van der Waals surface area contributed by atoms with Gasteiger partial charge in [-0.3, -0.25) is 5.43 Å². The van der Waals surface area contributed by atoms with Gasteiger partial charge in [0.1, 0.15) is 6.73 Å². The normalized spacial score (nSPS) is 10.7. The maximum absolute atomic E-state index is 8.54. The van der Waals surface area contributed by atoms with Crippen LogP contribution in [0, 0.1) is 0 Å². The lowest BCUT2D eigenvalue weighted by molar-refractivity contribution is 0.0466. The van der Waals surface area contributed by atoms with Crippen LogP contribution in [0.2, 0.25) is 0 Å². The Labute approximate surface area is 55.1 Å². The highest BCUT2D eigenvalue weighted by Crippen LogP contribution is 1.75. The molecule has 0 unspecified atom stereocenters. The Morgan fingerprint density at radius 3 is 2.44 bits per heavy atom. The minimum absolute atomic E-state index is 0.0611. The van der Waals surface area contributed by atoms with Crippen LogP contribution in [0.15, 0.2) is 0 Å². The van der Waals surface area contributed by atoms with Gasteiger partial charge in [0.05, 0.1) is 6.61 Å². The Bertz CT molecular complexity index is 54.9. The fraction of sp³-hybridized carbons (Fsp3) is 1.00. The molecule has 4 nitrogen and oxygen atoms in total. The first-order chi connectivity index (χ1) is 4.35. The Balaban J connectivity index is 3.18. The third-order valence-corrected chi connectivity index (χ3v) is 0.922. The van der Waals surface area contributed by atoms with Crippen molar-refractivity contribution in [1.29, 1.82) is 0 Å². The van der Waals surface area contributed by atoms with E-state index < -0.39 is 0 Å². The van der Waals surface area contributed by atoms with Crippen LogP contribution in [-0.2, 0) is 0 Å². The third-order valence-electron chi connectivity index (χ3n) is 0.922. The van der Waals surface area contributed by atoms with E-state index in [0.29, 0.717) is 6.54 Å². The molecule has 0 aliphatic carbocycles. The van der Waals surface area contributed by atoms with Crippen LogP contribution in [-0.4, -0.2) is 41.6 Å². The summed E-state index contributed by atoms with van der Waals surface area (Å²) >= 11 is 0. The van der Waals surface area contributed by atoms with E-state index in [1.165, 1.54) is 0 Å². The predicted molar refractivity (Wildman–Crippen MR) is 34.6 cm³/mol. The highest BCUT2D eigenvalue weighted by atomic mass is 16.3. The van der Waals surface area contributed by atoms with Crippen molar-refractivity contribution < 1.29 is 10.2 Å². The first-order valence-electron chi connectivity index (χ1n) is 3.05. The molecule has 0 rings (SSSR count). The van der Waals surface area contributed by atoms with Crippen molar-refractivity contribution in [3.63, 3.8) is 0 Å². The summed E-state index contributed by atoms with van der Waals surface area (Å²) in [6.45, 7) is 3.16. The summed E-state index contributed by atoms with van der Waals surface area (Å²) in [6.07, 6.45) is 0. The maximum atomic E-state index is 8.54. The summed E-state index contributed by atoms with van der Waals surface area (Å²) < 4.78 is 0. The van der Waals surface area contributed by atoms with Crippen molar-refractivity contribution in [2.45, 2.75) is 6.92 Å². The van der Waals surface area contributed by atoms with E-state index in [1.807, 2.05) is 6.92 Å². The van der Waals surface area contributed by atoms with Gasteiger partial charge in [-0.1, -0.05) is 6.92 Å². The van der Waals surface area contributed by atoms with Gasteiger partial charge in [0.25, 0.3) is 0 Å². The Kier molecular flexibility index (Phi) is 5.86. The van der Waals surface area contributed by atoms with Crippen molar-refractivity contribution in [2.75, 3.05) is 26.4 Å². The molecule has 0 bridgehead atoms. The average Bonchev–Trinajstić information content (AvgIpc) is 1.88. The summed E-state index contributed by atoms with van der Waals surface area (Å²) in [5, 5.41) is 18.5. The van der Waals surface area contributed by atoms with Crippen LogP contribution in [0.3, 0.4) is 0 Å². The van der Waals surface area contributed by atoms with Crippen LogP contribution in [0.25, 0.3) is 0 Å². The topological polar surface area (TPSA) is 55.7 Å². The number of nitrogens with zero attached hydrogens (tertiary/aromatic N) is 1. The second-order valence-electron chi connectivity index (χ2n) is 1.64. The quantitative estimate of drug-likeness (QED) is 0.325. The van der Waals surface area contributed by atoms with E-state index in [0.717, 1.165) is 6.54 Å². The van der Waals surface area contributed by atoms with Gasteiger partial charge in [0.2, 0.25) is 0 Å². The van der Waals surface area contributed by atoms with Gasteiger partial charge in [0.15, 0.2) is 0 Å². The molecule has 56 valence electrons. The van der Waals surface area contributed by atoms with Crippen molar-refractivity contribution >= 4 is 0 Å². The molecule has 0 fully saturated rings. The smallest absolute Gasteiger partial charge is 0.108 e. The maximum Gasteiger partial charge on any atom is 0.108 e. The molecule has 3 N–H and O–H groups in total. The number of nitrogens with one attached hydrogen (secondary N) is 1. The van der Waals surface area contributed by atoms with E-state index >= 15 is 0 Å². The number of hydrazine groups is 1. The zero-order chi connectivity index (χ0) is 7.11. The number of hydrogen-bond acceptors (Lipinski definition) is 4. The second kappa shape index (κ2) is 5.97. The lowest BCUT2D eigenvalue weighted by Crippen LogP contribution is -2.40. The van der Waals surface area contributed by atoms with Gasteiger partial charge < -0.3 is 10.2 Å². The average molecular weight is 134 g/mol. The van der Waals surface area contributed by atoms with Crippen LogP contribution in [0.5, 0.6) is 0 Å². The lowest BCUT2D eigenvalue weighted by atomic mass is 10.6. The van der Waals surface area contributed by atoms with Gasteiger partial charge in [0, 0.05) is 13.1 Å². The molecule has 0 atom stereocenters. The van der Waals surface area contributed by atoms with Crippen molar-refractivity contribution in [3.8, 4) is 0 Å². The van der Waals surface area contributed by atoms with Gasteiger partial charge in [-0.15, -0.1) is 0 Å². The largest absolute Gasteiger partial charge is 0.395 e. The molecule has 0 aromatic heterocycles. The van der Waals surface area contributed by atoms with E-state index in [2.05, 4.69) is 5.43 Å². The fourth-order valence-corrected chi connectivity index (χ4v) is 0.544. The predicted octanol–water partition coefficient (Wildman–Crippen LogP) is -1.24. The summed E-state index contributed by atoms with van der Waals surface area (Å²) in [4.78, 5) is 0. The molecule has 4 heteroatoms. The molecular weight excluding hydrogens is 120 g/mol. The second-order valence-corrected chi connectivity index (χ2v) is 1.64. The Hall–Kier alpha value is -0.160. The Morgan fingerprint density at radius 1 is 1.44 bits per heavy atom. The zero-order valence-corrected chi connectivity index (χ0v) is 5.67. The number of rotatable bonds is 5. The number of aliphatic hydroxyl groups excluding tert-OH is 2.